The second-order valence-corrected chi connectivity index (χ2v) is 6.85. The van der Waals surface area contributed by atoms with Crippen LogP contribution in [0.1, 0.15) is 49.6 Å². The molecule has 0 aliphatic heterocycles. The number of aromatic nitrogens is 4. The summed E-state index contributed by atoms with van der Waals surface area (Å²) in [4.78, 5) is 4.75. The van der Waals surface area contributed by atoms with Gasteiger partial charge in [-0.2, -0.15) is 5.10 Å². The molecule has 0 saturated heterocycles. The predicted octanol–water partition coefficient (Wildman–Crippen LogP) is 4.45. The SMILES string of the molecule is CC(C)c1ccn2nc(CC(C)c3ccn4cccc4n3)cc2c1. The fourth-order valence-electron chi connectivity index (χ4n) is 3.15. The van der Waals surface area contributed by atoms with Gasteiger partial charge in [-0.3, -0.25) is 0 Å². The van der Waals surface area contributed by atoms with Crippen molar-refractivity contribution in [1.82, 2.24) is 19.0 Å². The molecule has 122 valence electrons. The fourth-order valence-corrected chi connectivity index (χ4v) is 3.15. The molecule has 1 unspecified atom stereocenters. The molecule has 0 radical (unpaired) electrons. The van der Waals surface area contributed by atoms with Crippen molar-refractivity contribution in [3.63, 3.8) is 0 Å². The van der Waals surface area contributed by atoms with Gasteiger partial charge in [0, 0.05) is 30.2 Å². The summed E-state index contributed by atoms with van der Waals surface area (Å²) in [5.74, 6) is 0.865. The van der Waals surface area contributed by atoms with Gasteiger partial charge in [-0.1, -0.05) is 20.8 Å². The summed E-state index contributed by atoms with van der Waals surface area (Å²) in [6.45, 7) is 6.65. The lowest BCUT2D eigenvalue weighted by molar-refractivity contribution is 0.706. The van der Waals surface area contributed by atoms with Crippen LogP contribution in [0.5, 0.6) is 0 Å². The van der Waals surface area contributed by atoms with Crippen molar-refractivity contribution in [3.8, 4) is 0 Å². The highest BCUT2D eigenvalue weighted by Crippen LogP contribution is 2.21. The van der Waals surface area contributed by atoms with E-state index >= 15 is 0 Å². The van der Waals surface area contributed by atoms with Crippen LogP contribution in [0, 0.1) is 0 Å². The first kappa shape index (κ1) is 14.9. The van der Waals surface area contributed by atoms with Gasteiger partial charge in [0.05, 0.1) is 11.2 Å². The second-order valence-electron chi connectivity index (χ2n) is 6.85. The summed E-state index contributed by atoms with van der Waals surface area (Å²) < 4.78 is 4.01. The Hall–Kier alpha value is -2.62. The fraction of sp³-hybridized carbons (Fsp3) is 0.300. The van der Waals surface area contributed by atoms with E-state index in [-0.39, 0.29) is 0 Å². The second kappa shape index (κ2) is 5.78. The van der Waals surface area contributed by atoms with Crippen molar-refractivity contribution in [1.29, 1.82) is 0 Å². The minimum absolute atomic E-state index is 0.333. The average Bonchev–Trinajstić information content (AvgIpc) is 3.18. The van der Waals surface area contributed by atoms with Gasteiger partial charge in [0.25, 0.3) is 0 Å². The Kier molecular flexibility index (Phi) is 3.60. The smallest absolute Gasteiger partial charge is 0.136 e. The zero-order chi connectivity index (χ0) is 16.7. The molecule has 4 nitrogen and oxygen atoms in total. The average molecular weight is 318 g/mol. The van der Waals surface area contributed by atoms with Crippen molar-refractivity contribution >= 4 is 11.2 Å². The zero-order valence-electron chi connectivity index (χ0n) is 14.3. The maximum absolute atomic E-state index is 4.75. The summed E-state index contributed by atoms with van der Waals surface area (Å²) in [6.07, 6.45) is 7.05. The summed E-state index contributed by atoms with van der Waals surface area (Å²) >= 11 is 0. The van der Waals surface area contributed by atoms with E-state index in [0.717, 1.165) is 23.5 Å². The van der Waals surface area contributed by atoms with Crippen molar-refractivity contribution in [2.75, 3.05) is 0 Å². The van der Waals surface area contributed by atoms with Crippen molar-refractivity contribution in [3.05, 3.63) is 71.9 Å². The summed E-state index contributed by atoms with van der Waals surface area (Å²) in [5.41, 5.74) is 5.73. The van der Waals surface area contributed by atoms with Crippen LogP contribution in [0.15, 0.2) is 55.0 Å². The summed E-state index contributed by atoms with van der Waals surface area (Å²) in [5, 5.41) is 4.71. The van der Waals surface area contributed by atoms with Crippen LogP contribution in [0.2, 0.25) is 0 Å². The van der Waals surface area contributed by atoms with E-state index < -0.39 is 0 Å². The Morgan fingerprint density at radius 3 is 2.71 bits per heavy atom. The van der Waals surface area contributed by atoms with Gasteiger partial charge in [0.1, 0.15) is 5.65 Å². The zero-order valence-corrected chi connectivity index (χ0v) is 14.3. The summed E-state index contributed by atoms with van der Waals surface area (Å²) in [7, 11) is 0. The van der Waals surface area contributed by atoms with E-state index in [1.165, 1.54) is 11.1 Å². The molecule has 0 aliphatic rings. The molecule has 4 heteroatoms. The molecule has 4 heterocycles. The van der Waals surface area contributed by atoms with Crippen LogP contribution in [0.4, 0.5) is 0 Å². The molecule has 0 amide bonds. The number of hydrogen-bond donors (Lipinski definition) is 0. The first-order valence-corrected chi connectivity index (χ1v) is 8.52. The van der Waals surface area contributed by atoms with Crippen LogP contribution in [-0.4, -0.2) is 19.0 Å². The summed E-state index contributed by atoms with van der Waals surface area (Å²) in [6, 6.07) is 12.7. The third-order valence-electron chi connectivity index (χ3n) is 4.63. The molecule has 0 N–H and O–H groups in total. The third kappa shape index (κ3) is 2.68. The van der Waals surface area contributed by atoms with E-state index in [2.05, 4.69) is 57.4 Å². The molecular formula is C20H22N4. The van der Waals surface area contributed by atoms with E-state index in [1.807, 2.05) is 27.2 Å². The van der Waals surface area contributed by atoms with Gasteiger partial charge in [-0.15, -0.1) is 0 Å². The molecule has 0 saturated carbocycles. The van der Waals surface area contributed by atoms with E-state index in [4.69, 9.17) is 10.1 Å². The predicted molar refractivity (Wildman–Crippen MR) is 96.6 cm³/mol. The molecule has 4 aromatic heterocycles. The lowest BCUT2D eigenvalue weighted by Gasteiger charge is -2.09. The first-order chi connectivity index (χ1) is 11.6. The highest BCUT2D eigenvalue weighted by atomic mass is 15.2. The van der Waals surface area contributed by atoms with Crippen LogP contribution < -0.4 is 0 Å². The molecule has 0 aliphatic carbocycles. The number of rotatable bonds is 4. The Labute approximate surface area is 141 Å². The molecule has 4 rings (SSSR count). The van der Waals surface area contributed by atoms with Gasteiger partial charge >= 0.3 is 0 Å². The molecular weight excluding hydrogens is 296 g/mol. The van der Waals surface area contributed by atoms with Gasteiger partial charge in [-0.05, 0) is 54.3 Å². The Morgan fingerprint density at radius 2 is 1.88 bits per heavy atom. The monoisotopic (exact) mass is 318 g/mol. The van der Waals surface area contributed by atoms with Crippen molar-refractivity contribution in [2.24, 2.45) is 0 Å². The largest absolute Gasteiger partial charge is 0.309 e. The van der Waals surface area contributed by atoms with Gasteiger partial charge in [0.15, 0.2) is 0 Å². The van der Waals surface area contributed by atoms with Crippen LogP contribution >= 0.6 is 0 Å². The minimum Gasteiger partial charge on any atom is -0.309 e. The lowest BCUT2D eigenvalue weighted by atomic mass is 10.0. The maximum Gasteiger partial charge on any atom is 0.136 e. The molecule has 24 heavy (non-hydrogen) atoms. The normalized spacial score (nSPS) is 13.2. The minimum atomic E-state index is 0.333. The van der Waals surface area contributed by atoms with Gasteiger partial charge in [-0.25, -0.2) is 9.50 Å². The van der Waals surface area contributed by atoms with Crippen molar-refractivity contribution in [2.45, 2.75) is 39.0 Å². The Bertz CT molecular complexity index is 993. The molecule has 0 aromatic carbocycles. The van der Waals surface area contributed by atoms with Gasteiger partial charge < -0.3 is 4.40 Å². The number of fused-ring (bicyclic) bond motifs is 2. The van der Waals surface area contributed by atoms with E-state index in [1.54, 1.807) is 0 Å². The topological polar surface area (TPSA) is 34.6 Å². The Morgan fingerprint density at radius 1 is 1.00 bits per heavy atom. The van der Waals surface area contributed by atoms with E-state index in [0.29, 0.717) is 11.8 Å². The maximum atomic E-state index is 4.75. The van der Waals surface area contributed by atoms with Crippen molar-refractivity contribution < 1.29 is 0 Å². The Balaban J connectivity index is 1.60. The molecule has 0 spiro atoms. The van der Waals surface area contributed by atoms with Crippen LogP contribution in [-0.2, 0) is 6.42 Å². The standard InChI is InChI=1S/C20H22N4/c1-14(2)16-6-10-24-18(12-16)13-17(22-24)11-15(3)19-7-9-23-8-4-5-20(23)21-19/h4-10,12-15H,11H2,1-3H3. The molecule has 1 atom stereocenters. The number of pyridine rings is 1. The number of nitrogens with zero attached hydrogens (tertiary/aromatic N) is 4. The third-order valence-corrected chi connectivity index (χ3v) is 4.63. The first-order valence-electron chi connectivity index (χ1n) is 8.52. The highest BCUT2D eigenvalue weighted by molar-refractivity contribution is 5.50. The van der Waals surface area contributed by atoms with E-state index in [9.17, 15) is 0 Å². The molecule has 0 fully saturated rings. The highest BCUT2D eigenvalue weighted by Gasteiger charge is 2.12. The van der Waals surface area contributed by atoms with Gasteiger partial charge in [0.2, 0.25) is 0 Å². The quantitative estimate of drug-likeness (QED) is 0.557. The molecule has 4 aromatic rings. The molecule has 0 bridgehead atoms. The lowest BCUT2D eigenvalue weighted by Crippen LogP contribution is -2.03. The number of hydrogen-bond acceptors (Lipinski definition) is 2. The van der Waals surface area contributed by atoms with Crippen LogP contribution in [0.3, 0.4) is 0 Å². The van der Waals surface area contributed by atoms with Crippen LogP contribution in [0.25, 0.3) is 11.2 Å².